The summed E-state index contributed by atoms with van der Waals surface area (Å²) in [7, 11) is 0. The largest absolute Gasteiger partial charge is 0.456 e. The van der Waals surface area contributed by atoms with Crippen molar-refractivity contribution in [1.82, 2.24) is 0 Å². The van der Waals surface area contributed by atoms with Gasteiger partial charge in [-0.1, -0.05) is 54.6 Å². The van der Waals surface area contributed by atoms with E-state index < -0.39 is 0 Å². The molecule has 0 aromatic heterocycles. The van der Waals surface area contributed by atoms with Crippen molar-refractivity contribution < 1.29 is 4.74 Å². The Kier molecular flexibility index (Phi) is 2.53. The fourth-order valence-electron chi connectivity index (χ4n) is 3.21. The quantitative estimate of drug-likeness (QED) is 0.485. The zero-order chi connectivity index (χ0) is 15.2. The molecule has 2 aliphatic rings. The molecule has 0 N–H and O–H groups in total. The first kappa shape index (κ1) is 12.4. The lowest BCUT2D eigenvalue weighted by molar-refractivity contribution is 0.474. The van der Waals surface area contributed by atoms with Crippen LogP contribution in [0.1, 0.15) is 11.1 Å². The highest BCUT2D eigenvalue weighted by atomic mass is 16.5. The first-order chi connectivity index (χ1) is 11.4. The third kappa shape index (κ3) is 1.85. The van der Waals surface area contributed by atoms with E-state index in [4.69, 9.17) is 9.73 Å². The topological polar surface area (TPSA) is 21.6 Å². The lowest BCUT2D eigenvalue weighted by Gasteiger charge is -2.23. The lowest BCUT2D eigenvalue weighted by Crippen LogP contribution is -2.19. The molecule has 0 unspecified atom stereocenters. The van der Waals surface area contributed by atoms with Gasteiger partial charge in [0.05, 0.1) is 11.1 Å². The van der Waals surface area contributed by atoms with Gasteiger partial charge >= 0.3 is 0 Å². The van der Waals surface area contributed by atoms with Crippen LogP contribution in [-0.4, -0.2) is 0 Å². The first-order valence-corrected chi connectivity index (χ1v) is 7.66. The summed E-state index contributed by atoms with van der Waals surface area (Å²) in [6, 6.07) is 24.5. The fraction of sp³-hybridized carbons (Fsp3) is 0. The molecule has 108 valence electrons. The highest BCUT2D eigenvalue weighted by molar-refractivity contribution is 5.93. The highest BCUT2D eigenvalue weighted by Gasteiger charge is 2.24. The van der Waals surface area contributed by atoms with Gasteiger partial charge in [-0.25, -0.2) is 4.99 Å². The Hall–Kier alpha value is -3.13. The molecule has 0 atom stereocenters. The second kappa shape index (κ2) is 4.68. The van der Waals surface area contributed by atoms with Crippen LogP contribution in [0.25, 0.3) is 11.6 Å². The molecule has 0 saturated heterocycles. The molecule has 2 aliphatic heterocycles. The number of para-hydroxylation sites is 3. The minimum Gasteiger partial charge on any atom is -0.456 e. The molecule has 5 rings (SSSR count). The Labute approximate surface area is 133 Å². The van der Waals surface area contributed by atoms with Crippen LogP contribution in [-0.2, 0) is 0 Å². The minimum atomic E-state index is 0.883. The maximum Gasteiger partial charge on any atom is 0.135 e. The molecule has 0 fully saturated rings. The minimum absolute atomic E-state index is 0.883. The second-order valence-electron chi connectivity index (χ2n) is 5.67. The molecule has 3 aromatic carbocycles. The van der Waals surface area contributed by atoms with Crippen LogP contribution >= 0.6 is 0 Å². The Bertz CT molecular complexity index is 1010. The summed E-state index contributed by atoms with van der Waals surface area (Å²) in [5.74, 6) is 1.77. The Balaban J connectivity index is 1.88. The van der Waals surface area contributed by atoms with E-state index in [0.717, 1.165) is 44.5 Å². The Morgan fingerprint density at radius 3 is 1.96 bits per heavy atom. The van der Waals surface area contributed by atoms with E-state index in [9.17, 15) is 0 Å². The number of hydrogen-bond acceptors (Lipinski definition) is 2. The molecule has 23 heavy (non-hydrogen) atoms. The van der Waals surface area contributed by atoms with Gasteiger partial charge in [-0.15, -0.1) is 0 Å². The van der Waals surface area contributed by atoms with Crippen molar-refractivity contribution in [3.63, 3.8) is 0 Å². The van der Waals surface area contributed by atoms with Gasteiger partial charge in [-0.2, -0.15) is 0 Å². The number of allylic oxidation sites excluding steroid dienone is 1. The second-order valence-corrected chi connectivity index (χ2v) is 5.67. The summed E-state index contributed by atoms with van der Waals surface area (Å²) in [4.78, 5) is 4.84. The number of nitrogens with zero attached hydrogens (tertiary/aromatic N) is 1. The van der Waals surface area contributed by atoms with E-state index in [2.05, 4.69) is 30.3 Å². The lowest BCUT2D eigenvalue weighted by atomic mass is 9.92. The van der Waals surface area contributed by atoms with E-state index >= 15 is 0 Å². The van der Waals surface area contributed by atoms with Gasteiger partial charge in [-0.05, 0) is 24.3 Å². The first-order valence-electron chi connectivity index (χ1n) is 7.66. The van der Waals surface area contributed by atoms with Crippen LogP contribution in [0.4, 0.5) is 0 Å². The molecule has 2 nitrogen and oxygen atoms in total. The van der Waals surface area contributed by atoms with Crippen LogP contribution in [0.2, 0.25) is 0 Å². The van der Waals surface area contributed by atoms with Crippen molar-refractivity contribution in [2.45, 2.75) is 0 Å². The summed E-state index contributed by atoms with van der Waals surface area (Å²) in [5.41, 5.74) is 4.32. The maximum atomic E-state index is 6.05. The van der Waals surface area contributed by atoms with Crippen LogP contribution in [0.5, 0.6) is 11.5 Å². The summed E-state index contributed by atoms with van der Waals surface area (Å²) in [5, 5.41) is 2.19. The van der Waals surface area contributed by atoms with Crippen LogP contribution in [0, 0.1) is 0 Å². The predicted molar refractivity (Wildman–Crippen MR) is 90.7 cm³/mol. The van der Waals surface area contributed by atoms with Crippen molar-refractivity contribution in [2.24, 2.45) is 4.99 Å². The van der Waals surface area contributed by atoms with Crippen LogP contribution in [0.15, 0.2) is 83.5 Å². The molecule has 0 aliphatic carbocycles. The molecule has 3 aromatic rings. The van der Waals surface area contributed by atoms with Crippen LogP contribution in [0.3, 0.4) is 0 Å². The number of benzene rings is 3. The van der Waals surface area contributed by atoms with Crippen molar-refractivity contribution in [3.8, 4) is 11.5 Å². The van der Waals surface area contributed by atoms with E-state index in [1.165, 1.54) is 0 Å². The summed E-state index contributed by atoms with van der Waals surface area (Å²) >= 11 is 0. The van der Waals surface area contributed by atoms with E-state index in [1.54, 1.807) is 0 Å². The van der Waals surface area contributed by atoms with Crippen molar-refractivity contribution in [3.05, 3.63) is 100 Å². The van der Waals surface area contributed by atoms with Gasteiger partial charge in [0.2, 0.25) is 0 Å². The smallest absolute Gasteiger partial charge is 0.135 e. The van der Waals surface area contributed by atoms with Gasteiger partial charge < -0.3 is 4.74 Å². The fourth-order valence-corrected chi connectivity index (χ4v) is 3.21. The zero-order valence-corrected chi connectivity index (χ0v) is 12.4. The van der Waals surface area contributed by atoms with Gasteiger partial charge in [0.15, 0.2) is 0 Å². The van der Waals surface area contributed by atoms with E-state index in [0.29, 0.717) is 0 Å². The zero-order valence-electron chi connectivity index (χ0n) is 12.4. The normalized spacial score (nSPS) is 14.1. The average molecular weight is 295 g/mol. The van der Waals surface area contributed by atoms with Gasteiger partial charge in [0, 0.05) is 21.9 Å². The van der Waals surface area contributed by atoms with E-state index in [1.807, 2.05) is 48.5 Å². The van der Waals surface area contributed by atoms with Gasteiger partial charge in [-0.3, -0.25) is 0 Å². The number of hydrogen-bond donors (Lipinski definition) is 0. The Morgan fingerprint density at radius 2 is 1.26 bits per heavy atom. The molecule has 0 radical (unpaired) electrons. The molecular weight excluding hydrogens is 282 g/mol. The summed E-state index contributed by atoms with van der Waals surface area (Å²) in [6.07, 6.45) is 2.16. The molecule has 0 spiro atoms. The molecule has 0 saturated carbocycles. The van der Waals surface area contributed by atoms with Gasteiger partial charge in [0.1, 0.15) is 11.5 Å². The summed E-state index contributed by atoms with van der Waals surface area (Å²) < 4.78 is 6.05. The predicted octanol–water partition coefficient (Wildman–Crippen LogP) is 3.67. The molecule has 2 heterocycles. The van der Waals surface area contributed by atoms with Crippen molar-refractivity contribution in [1.29, 1.82) is 0 Å². The molecule has 0 amide bonds. The third-order valence-corrected chi connectivity index (χ3v) is 4.26. The number of rotatable bonds is 0. The van der Waals surface area contributed by atoms with E-state index in [-0.39, 0.29) is 0 Å². The Morgan fingerprint density at radius 1 is 0.652 bits per heavy atom. The van der Waals surface area contributed by atoms with Crippen LogP contribution < -0.4 is 15.3 Å². The molecule has 0 bridgehead atoms. The standard InChI is InChI=1S/C21H13NO/c1-4-10-17-14(7-1)13-18(22-17)21-15-8-2-5-11-19(15)23-20-12-6-3-9-16(20)21/h1-13H. The van der Waals surface area contributed by atoms with Crippen molar-refractivity contribution in [2.75, 3.05) is 0 Å². The average Bonchev–Trinajstić information content (AvgIpc) is 3.03. The SMILES string of the molecule is C1=c2ccccc2=NC1=C1c2ccccc2Oc2ccccc21. The van der Waals surface area contributed by atoms with Crippen molar-refractivity contribution >= 4 is 11.6 Å². The summed E-state index contributed by atoms with van der Waals surface area (Å²) in [6.45, 7) is 0. The molecular formula is C21H13NO. The molecule has 2 heteroatoms. The highest BCUT2D eigenvalue weighted by Crippen LogP contribution is 2.45. The maximum absolute atomic E-state index is 6.05. The number of ether oxygens (including phenoxy) is 1. The van der Waals surface area contributed by atoms with Gasteiger partial charge in [0.25, 0.3) is 0 Å². The number of fused-ring (bicyclic) bond motifs is 3. The monoisotopic (exact) mass is 295 g/mol. The third-order valence-electron chi connectivity index (χ3n) is 4.26.